The third-order valence-corrected chi connectivity index (χ3v) is 3.61. The van der Waals surface area contributed by atoms with Crippen LogP contribution in [-0.4, -0.2) is 54.4 Å². The Morgan fingerprint density at radius 3 is 2.33 bits per heavy atom. The summed E-state index contributed by atoms with van der Waals surface area (Å²) in [6.45, 7) is 6.89. The number of rotatable bonds is 4. The Morgan fingerprint density at radius 2 is 1.86 bits per heavy atom. The molecule has 0 aromatic carbocycles. The molecular formula is C13H20F3N5. The van der Waals surface area contributed by atoms with E-state index in [0.29, 0.717) is 18.3 Å². The number of anilines is 1. The Labute approximate surface area is 121 Å². The molecule has 1 aliphatic heterocycles. The van der Waals surface area contributed by atoms with Gasteiger partial charge < -0.3 is 10.6 Å². The van der Waals surface area contributed by atoms with Crippen LogP contribution in [0.15, 0.2) is 12.1 Å². The number of hydrogen-bond donors (Lipinski definition) is 1. The van der Waals surface area contributed by atoms with E-state index >= 15 is 0 Å². The van der Waals surface area contributed by atoms with Crippen LogP contribution in [-0.2, 0) is 6.18 Å². The summed E-state index contributed by atoms with van der Waals surface area (Å²) in [7, 11) is 0. The molecule has 5 nitrogen and oxygen atoms in total. The van der Waals surface area contributed by atoms with Crippen molar-refractivity contribution in [1.29, 1.82) is 0 Å². The van der Waals surface area contributed by atoms with E-state index in [0.717, 1.165) is 38.8 Å². The van der Waals surface area contributed by atoms with Gasteiger partial charge in [-0.15, -0.1) is 10.2 Å². The highest BCUT2D eigenvalue weighted by molar-refractivity contribution is 5.38. The van der Waals surface area contributed by atoms with Crippen molar-refractivity contribution in [3.05, 3.63) is 17.8 Å². The third-order valence-electron chi connectivity index (χ3n) is 3.61. The predicted octanol–water partition coefficient (Wildman–Crippen LogP) is 1.21. The molecule has 2 rings (SSSR count). The van der Waals surface area contributed by atoms with Crippen LogP contribution in [0.5, 0.6) is 0 Å². The van der Waals surface area contributed by atoms with Crippen LogP contribution in [0.25, 0.3) is 0 Å². The van der Waals surface area contributed by atoms with E-state index in [2.05, 4.69) is 22.0 Å². The van der Waals surface area contributed by atoms with Gasteiger partial charge in [-0.1, -0.05) is 6.92 Å². The van der Waals surface area contributed by atoms with E-state index in [1.807, 2.05) is 4.90 Å². The molecule has 0 aliphatic carbocycles. The molecule has 1 fully saturated rings. The minimum atomic E-state index is -4.44. The van der Waals surface area contributed by atoms with Crippen molar-refractivity contribution in [1.82, 2.24) is 15.1 Å². The summed E-state index contributed by atoms with van der Waals surface area (Å²) in [4.78, 5) is 4.27. The molecule has 1 aliphatic rings. The normalized spacial score (nSPS) is 18.8. The lowest BCUT2D eigenvalue weighted by atomic mass is 10.1. The molecule has 8 heteroatoms. The molecule has 0 amide bonds. The van der Waals surface area contributed by atoms with Crippen LogP contribution >= 0.6 is 0 Å². The quantitative estimate of drug-likeness (QED) is 0.906. The molecule has 2 N–H and O–H groups in total. The number of hydrogen-bond acceptors (Lipinski definition) is 5. The fourth-order valence-electron chi connectivity index (χ4n) is 2.32. The zero-order valence-electron chi connectivity index (χ0n) is 12.0. The third kappa shape index (κ3) is 4.28. The lowest BCUT2D eigenvalue weighted by Gasteiger charge is -2.36. The van der Waals surface area contributed by atoms with Gasteiger partial charge in [0.15, 0.2) is 11.5 Å². The van der Waals surface area contributed by atoms with E-state index in [-0.39, 0.29) is 0 Å². The number of nitrogens with two attached hydrogens (primary N) is 1. The second kappa shape index (κ2) is 6.57. The summed E-state index contributed by atoms with van der Waals surface area (Å²) in [5, 5.41) is 6.95. The first-order chi connectivity index (χ1) is 9.90. The Morgan fingerprint density at radius 1 is 1.19 bits per heavy atom. The molecule has 118 valence electrons. The Balaban J connectivity index is 1.90. The van der Waals surface area contributed by atoms with Gasteiger partial charge in [0.1, 0.15) is 0 Å². The number of aromatic nitrogens is 2. The monoisotopic (exact) mass is 303 g/mol. The number of piperazine rings is 1. The molecular weight excluding hydrogens is 283 g/mol. The smallest absolute Gasteiger partial charge is 0.353 e. The predicted molar refractivity (Wildman–Crippen MR) is 73.9 cm³/mol. The zero-order valence-corrected chi connectivity index (χ0v) is 12.0. The molecule has 1 unspecified atom stereocenters. The second-order valence-corrected chi connectivity index (χ2v) is 5.40. The average molecular weight is 303 g/mol. The van der Waals surface area contributed by atoms with Crippen molar-refractivity contribution >= 4 is 5.82 Å². The van der Waals surface area contributed by atoms with Crippen molar-refractivity contribution in [2.75, 3.05) is 44.2 Å². The molecule has 0 radical (unpaired) electrons. The van der Waals surface area contributed by atoms with Crippen molar-refractivity contribution in [3.63, 3.8) is 0 Å². The molecule has 1 aromatic heterocycles. The van der Waals surface area contributed by atoms with Gasteiger partial charge in [-0.25, -0.2) is 0 Å². The molecule has 2 heterocycles. The lowest BCUT2D eigenvalue weighted by molar-refractivity contribution is -0.141. The SMILES string of the molecule is CC(CN)CN1CCN(c2ccc(C(F)(F)F)nn2)CC1. The Kier molecular flexibility index (Phi) is 5.00. The second-order valence-electron chi connectivity index (χ2n) is 5.40. The first-order valence-electron chi connectivity index (χ1n) is 6.98. The van der Waals surface area contributed by atoms with E-state index < -0.39 is 11.9 Å². The van der Waals surface area contributed by atoms with Crippen LogP contribution in [0.1, 0.15) is 12.6 Å². The first-order valence-corrected chi connectivity index (χ1v) is 6.98. The average Bonchev–Trinajstić information content (AvgIpc) is 2.47. The number of halogens is 3. The summed E-state index contributed by atoms with van der Waals surface area (Å²) < 4.78 is 37.3. The lowest BCUT2D eigenvalue weighted by Crippen LogP contribution is -2.48. The van der Waals surface area contributed by atoms with Gasteiger partial charge in [-0.05, 0) is 24.6 Å². The highest BCUT2D eigenvalue weighted by Crippen LogP contribution is 2.27. The molecule has 0 saturated carbocycles. The van der Waals surface area contributed by atoms with Gasteiger partial charge in [0.2, 0.25) is 0 Å². The van der Waals surface area contributed by atoms with Gasteiger partial charge in [0.25, 0.3) is 0 Å². The maximum Gasteiger partial charge on any atom is 0.435 e. The molecule has 1 saturated heterocycles. The van der Waals surface area contributed by atoms with Crippen LogP contribution in [0.4, 0.5) is 19.0 Å². The maximum atomic E-state index is 12.4. The summed E-state index contributed by atoms with van der Waals surface area (Å²) in [6, 6.07) is 2.36. The minimum absolute atomic E-state index is 0.447. The summed E-state index contributed by atoms with van der Waals surface area (Å²) in [5.41, 5.74) is 4.65. The first kappa shape index (κ1) is 16.0. The van der Waals surface area contributed by atoms with Gasteiger partial charge >= 0.3 is 6.18 Å². The van der Waals surface area contributed by atoms with Gasteiger partial charge in [0.05, 0.1) is 0 Å². The summed E-state index contributed by atoms with van der Waals surface area (Å²) >= 11 is 0. The van der Waals surface area contributed by atoms with Crippen LogP contribution in [0, 0.1) is 5.92 Å². The van der Waals surface area contributed by atoms with E-state index in [4.69, 9.17) is 5.73 Å². The molecule has 0 spiro atoms. The minimum Gasteiger partial charge on any atom is -0.353 e. The highest BCUT2D eigenvalue weighted by atomic mass is 19.4. The topological polar surface area (TPSA) is 58.3 Å². The van der Waals surface area contributed by atoms with Crippen LogP contribution in [0.2, 0.25) is 0 Å². The van der Waals surface area contributed by atoms with Crippen LogP contribution < -0.4 is 10.6 Å². The largest absolute Gasteiger partial charge is 0.435 e. The standard InChI is InChI=1S/C13H20F3N5/c1-10(8-17)9-20-4-6-21(7-5-20)12-3-2-11(18-19-12)13(14,15)16/h2-3,10H,4-9,17H2,1H3. The zero-order chi connectivity index (χ0) is 15.5. The number of alkyl halides is 3. The van der Waals surface area contributed by atoms with Gasteiger partial charge in [-0.3, -0.25) is 4.90 Å². The fraction of sp³-hybridized carbons (Fsp3) is 0.692. The molecule has 21 heavy (non-hydrogen) atoms. The molecule has 1 aromatic rings. The summed E-state index contributed by atoms with van der Waals surface area (Å²) in [6.07, 6.45) is -4.44. The Hall–Kier alpha value is -1.41. The van der Waals surface area contributed by atoms with E-state index in [1.54, 1.807) is 0 Å². The van der Waals surface area contributed by atoms with Crippen LogP contribution in [0.3, 0.4) is 0 Å². The molecule has 1 atom stereocenters. The van der Waals surface area contributed by atoms with Crippen molar-refractivity contribution in [2.45, 2.75) is 13.1 Å². The molecule has 0 bridgehead atoms. The van der Waals surface area contributed by atoms with Crippen molar-refractivity contribution in [3.8, 4) is 0 Å². The van der Waals surface area contributed by atoms with E-state index in [1.165, 1.54) is 6.07 Å². The van der Waals surface area contributed by atoms with Crippen molar-refractivity contribution in [2.24, 2.45) is 11.7 Å². The van der Waals surface area contributed by atoms with Gasteiger partial charge in [0, 0.05) is 32.7 Å². The fourth-order valence-corrected chi connectivity index (χ4v) is 2.32. The highest BCUT2D eigenvalue weighted by Gasteiger charge is 2.33. The number of nitrogens with zero attached hydrogens (tertiary/aromatic N) is 4. The summed E-state index contributed by atoms with van der Waals surface area (Å²) in [5.74, 6) is 0.942. The Bertz CT molecular complexity index is 440. The van der Waals surface area contributed by atoms with Gasteiger partial charge in [-0.2, -0.15) is 13.2 Å². The van der Waals surface area contributed by atoms with E-state index in [9.17, 15) is 13.2 Å². The van der Waals surface area contributed by atoms with Crippen molar-refractivity contribution < 1.29 is 13.2 Å². The maximum absolute atomic E-state index is 12.4.